The molecule has 26 heavy (non-hydrogen) atoms. The van der Waals surface area contributed by atoms with E-state index < -0.39 is 0 Å². The van der Waals surface area contributed by atoms with Crippen molar-refractivity contribution in [3.05, 3.63) is 72.8 Å². The van der Waals surface area contributed by atoms with Crippen LogP contribution in [0, 0.1) is 0 Å². The summed E-state index contributed by atoms with van der Waals surface area (Å²) in [7, 11) is 0. The average Bonchev–Trinajstić information content (AvgIpc) is 3.39. The van der Waals surface area contributed by atoms with Gasteiger partial charge in [0.25, 0.3) is 5.91 Å². The number of hydrogen-bond donors (Lipinski definition) is 2. The lowest BCUT2D eigenvalue weighted by molar-refractivity contribution is 0.0996. The molecule has 0 aliphatic rings. The van der Waals surface area contributed by atoms with E-state index in [4.69, 9.17) is 4.42 Å². The van der Waals surface area contributed by atoms with Gasteiger partial charge in [-0.05, 0) is 41.8 Å². The summed E-state index contributed by atoms with van der Waals surface area (Å²) in [5, 5.41) is 12.3. The Kier molecular flexibility index (Phi) is 3.36. The number of anilines is 1. The van der Waals surface area contributed by atoms with Crippen molar-refractivity contribution in [2.24, 2.45) is 0 Å². The lowest BCUT2D eigenvalue weighted by Crippen LogP contribution is -2.10. The second-order valence-corrected chi connectivity index (χ2v) is 7.02. The highest BCUT2D eigenvalue weighted by molar-refractivity contribution is 7.22. The highest BCUT2D eigenvalue weighted by atomic mass is 32.1. The van der Waals surface area contributed by atoms with Crippen LogP contribution in [0.2, 0.25) is 0 Å². The predicted octanol–water partition coefficient (Wildman–Crippen LogP) is 5.29. The minimum absolute atomic E-state index is 0.278. The standard InChI is InChI=1S/C20H13N3O2S/c24-20(16-5-3-7-25-16)22-14-8-13-11-21-23-19(13)15(10-14)18-9-12-4-1-2-6-17(12)26-18/h1-11H,(H,21,23)(H,22,24). The molecule has 5 nitrogen and oxygen atoms in total. The van der Waals surface area contributed by atoms with Gasteiger partial charge in [0, 0.05) is 26.2 Å². The molecule has 2 N–H and O–H groups in total. The van der Waals surface area contributed by atoms with Gasteiger partial charge in [0.05, 0.1) is 18.0 Å². The van der Waals surface area contributed by atoms with E-state index >= 15 is 0 Å². The second-order valence-electron chi connectivity index (χ2n) is 5.94. The van der Waals surface area contributed by atoms with Crippen molar-refractivity contribution >= 4 is 43.9 Å². The molecule has 3 aromatic heterocycles. The fourth-order valence-electron chi connectivity index (χ4n) is 3.04. The van der Waals surface area contributed by atoms with E-state index in [1.165, 1.54) is 16.3 Å². The Morgan fingerprint density at radius 3 is 2.85 bits per heavy atom. The molecule has 0 spiro atoms. The fraction of sp³-hybridized carbons (Fsp3) is 0. The van der Waals surface area contributed by atoms with E-state index in [9.17, 15) is 4.79 Å². The molecule has 0 atom stereocenters. The number of rotatable bonds is 3. The van der Waals surface area contributed by atoms with Crippen molar-refractivity contribution in [1.29, 1.82) is 0 Å². The summed E-state index contributed by atoms with van der Waals surface area (Å²) in [6.07, 6.45) is 3.24. The number of fused-ring (bicyclic) bond motifs is 2. The van der Waals surface area contributed by atoms with Gasteiger partial charge in [0.1, 0.15) is 0 Å². The summed E-state index contributed by atoms with van der Waals surface area (Å²) in [4.78, 5) is 13.4. The Balaban J connectivity index is 1.62. The van der Waals surface area contributed by atoms with Crippen molar-refractivity contribution in [3.63, 3.8) is 0 Å². The zero-order chi connectivity index (χ0) is 17.5. The summed E-state index contributed by atoms with van der Waals surface area (Å²) < 4.78 is 6.39. The number of amides is 1. The smallest absolute Gasteiger partial charge is 0.291 e. The number of benzene rings is 2. The maximum Gasteiger partial charge on any atom is 0.291 e. The number of aromatic nitrogens is 2. The van der Waals surface area contributed by atoms with Gasteiger partial charge in [-0.15, -0.1) is 11.3 Å². The monoisotopic (exact) mass is 359 g/mol. The number of aromatic amines is 1. The van der Waals surface area contributed by atoms with Gasteiger partial charge in [-0.25, -0.2) is 0 Å². The predicted molar refractivity (Wildman–Crippen MR) is 104 cm³/mol. The molecule has 6 heteroatoms. The third-order valence-corrected chi connectivity index (χ3v) is 5.39. The lowest BCUT2D eigenvalue weighted by Gasteiger charge is -2.07. The molecule has 0 unspecified atom stereocenters. The molecule has 126 valence electrons. The first-order valence-electron chi connectivity index (χ1n) is 8.09. The molecule has 0 bridgehead atoms. The molecule has 0 aliphatic heterocycles. The first-order valence-corrected chi connectivity index (χ1v) is 8.90. The zero-order valence-electron chi connectivity index (χ0n) is 13.5. The Morgan fingerprint density at radius 1 is 1.08 bits per heavy atom. The Morgan fingerprint density at radius 2 is 2.00 bits per heavy atom. The number of furan rings is 1. The van der Waals surface area contributed by atoms with Crippen LogP contribution in [0.1, 0.15) is 10.6 Å². The number of thiophene rings is 1. The first-order chi connectivity index (χ1) is 12.8. The Hall–Kier alpha value is -3.38. The quantitative estimate of drug-likeness (QED) is 0.460. The molecule has 2 aromatic carbocycles. The van der Waals surface area contributed by atoms with Crippen LogP contribution < -0.4 is 5.32 Å². The summed E-state index contributed by atoms with van der Waals surface area (Å²) in [6, 6.07) is 17.6. The molecular weight excluding hydrogens is 346 g/mol. The second kappa shape index (κ2) is 5.86. The SMILES string of the molecule is O=C(Nc1cc(-c2cc3ccccc3s2)c2[nH]ncc2c1)c1ccco1. The fourth-order valence-corrected chi connectivity index (χ4v) is 4.12. The van der Waals surface area contributed by atoms with Crippen LogP contribution in [0.5, 0.6) is 0 Å². The van der Waals surface area contributed by atoms with E-state index in [1.54, 1.807) is 29.7 Å². The van der Waals surface area contributed by atoms with Gasteiger partial charge in [-0.1, -0.05) is 18.2 Å². The van der Waals surface area contributed by atoms with Gasteiger partial charge in [0.2, 0.25) is 0 Å². The minimum atomic E-state index is -0.278. The van der Waals surface area contributed by atoms with Crippen LogP contribution in [-0.4, -0.2) is 16.1 Å². The van der Waals surface area contributed by atoms with Gasteiger partial charge in [-0.2, -0.15) is 5.10 Å². The third kappa shape index (κ3) is 2.48. The van der Waals surface area contributed by atoms with Crippen LogP contribution in [0.25, 0.3) is 31.4 Å². The Labute approximate surface area is 152 Å². The summed E-state index contributed by atoms with van der Waals surface area (Å²) in [5.74, 6) is 0.000776. The molecule has 5 aromatic rings. The summed E-state index contributed by atoms with van der Waals surface area (Å²) in [6.45, 7) is 0. The zero-order valence-corrected chi connectivity index (χ0v) is 14.3. The molecule has 5 rings (SSSR count). The minimum Gasteiger partial charge on any atom is -0.459 e. The van der Waals surface area contributed by atoms with Crippen molar-refractivity contribution in [3.8, 4) is 10.4 Å². The van der Waals surface area contributed by atoms with E-state index in [0.29, 0.717) is 5.69 Å². The molecule has 0 fully saturated rings. The van der Waals surface area contributed by atoms with Gasteiger partial charge in [0.15, 0.2) is 5.76 Å². The molecule has 1 amide bonds. The number of nitrogens with zero attached hydrogens (tertiary/aromatic N) is 1. The van der Waals surface area contributed by atoms with E-state index in [2.05, 4.69) is 33.7 Å². The molecular formula is C20H13N3O2S. The maximum absolute atomic E-state index is 12.3. The topological polar surface area (TPSA) is 70.9 Å². The number of nitrogens with one attached hydrogen (secondary N) is 2. The Bertz CT molecular complexity index is 1200. The van der Waals surface area contributed by atoms with E-state index in [0.717, 1.165) is 21.3 Å². The number of H-pyrrole nitrogens is 1. The van der Waals surface area contributed by atoms with Crippen molar-refractivity contribution in [2.75, 3.05) is 5.32 Å². The van der Waals surface area contributed by atoms with E-state index in [-0.39, 0.29) is 11.7 Å². The number of hydrogen-bond acceptors (Lipinski definition) is 4. The number of carbonyl (C=O) groups is 1. The van der Waals surface area contributed by atoms with Crippen LogP contribution in [0.4, 0.5) is 5.69 Å². The van der Waals surface area contributed by atoms with Crippen LogP contribution >= 0.6 is 11.3 Å². The van der Waals surface area contributed by atoms with Gasteiger partial charge in [-0.3, -0.25) is 9.89 Å². The molecule has 0 saturated heterocycles. The van der Waals surface area contributed by atoms with Crippen molar-refractivity contribution < 1.29 is 9.21 Å². The largest absolute Gasteiger partial charge is 0.459 e. The molecule has 3 heterocycles. The highest BCUT2D eigenvalue weighted by Crippen LogP contribution is 2.38. The highest BCUT2D eigenvalue weighted by Gasteiger charge is 2.14. The molecule has 0 saturated carbocycles. The van der Waals surface area contributed by atoms with Crippen LogP contribution in [0.15, 0.2) is 71.5 Å². The van der Waals surface area contributed by atoms with Gasteiger partial charge >= 0.3 is 0 Å². The maximum atomic E-state index is 12.3. The van der Waals surface area contributed by atoms with Crippen molar-refractivity contribution in [2.45, 2.75) is 0 Å². The number of carbonyl (C=O) groups excluding carboxylic acids is 1. The molecule has 0 radical (unpaired) electrons. The van der Waals surface area contributed by atoms with Crippen LogP contribution in [-0.2, 0) is 0 Å². The van der Waals surface area contributed by atoms with Crippen molar-refractivity contribution in [1.82, 2.24) is 10.2 Å². The third-order valence-electron chi connectivity index (χ3n) is 4.24. The summed E-state index contributed by atoms with van der Waals surface area (Å²) >= 11 is 1.71. The summed E-state index contributed by atoms with van der Waals surface area (Å²) in [5.41, 5.74) is 2.66. The first kappa shape index (κ1) is 14.9. The van der Waals surface area contributed by atoms with Gasteiger partial charge < -0.3 is 9.73 Å². The normalized spacial score (nSPS) is 11.2. The average molecular weight is 359 g/mol. The van der Waals surface area contributed by atoms with Crippen LogP contribution in [0.3, 0.4) is 0 Å². The lowest BCUT2D eigenvalue weighted by atomic mass is 10.1. The molecule has 0 aliphatic carbocycles. The van der Waals surface area contributed by atoms with E-state index in [1.807, 2.05) is 24.3 Å².